The van der Waals surface area contributed by atoms with Crippen LogP contribution in [0.25, 0.3) is 0 Å². The summed E-state index contributed by atoms with van der Waals surface area (Å²) >= 11 is 0. The van der Waals surface area contributed by atoms with E-state index in [2.05, 4.69) is 5.32 Å². The van der Waals surface area contributed by atoms with Crippen LogP contribution in [0.3, 0.4) is 0 Å². The predicted molar refractivity (Wildman–Crippen MR) is 139 cm³/mol. The van der Waals surface area contributed by atoms with Crippen molar-refractivity contribution in [3.63, 3.8) is 0 Å². The van der Waals surface area contributed by atoms with Crippen LogP contribution in [0, 0.1) is 17.8 Å². The molecule has 37 heavy (non-hydrogen) atoms. The van der Waals surface area contributed by atoms with Gasteiger partial charge in [-0.3, -0.25) is 19.2 Å². The lowest BCUT2D eigenvalue weighted by Crippen LogP contribution is -2.43. The Hall–Kier alpha value is -2.94. The number of esters is 3. The van der Waals surface area contributed by atoms with Gasteiger partial charge in [0.15, 0.2) is 11.5 Å². The summed E-state index contributed by atoms with van der Waals surface area (Å²) in [7, 11) is 0. The minimum absolute atomic E-state index is 0.0652. The number of carbonyl (C=O) groups is 4. The fourth-order valence-electron chi connectivity index (χ4n) is 3.53. The molecule has 0 heterocycles. The molecule has 4 atom stereocenters. The second kappa shape index (κ2) is 16.0. The maximum atomic E-state index is 12.6. The molecule has 9 heteroatoms. The van der Waals surface area contributed by atoms with Gasteiger partial charge >= 0.3 is 23.9 Å². The average Bonchev–Trinajstić information content (AvgIpc) is 2.82. The Kier molecular flexibility index (Phi) is 13.9. The number of hydrogen-bond donors (Lipinski definition) is 2. The Balaban J connectivity index is 3.09. The first-order valence-corrected chi connectivity index (χ1v) is 13.1. The minimum Gasteiger partial charge on any atom is -0.480 e. The molecule has 0 aromatic heterocycles. The van der Waals surface area contributed by atoms with Gasteiger partial charge in [-0.1, -0.05) is 60.5 Å². The Morgan fingerprint density at radius 2 is 1.38 bits per heavy atom. The third kappa shape index (κ3) is 11.3. The molecule has 0 saturated carbocycles. The maximum Gasteiger partial charge on any atom is 0.321 e. The van der Waals surface area contributed by atoms with Crippen molar-refractivity contribution in [3.05, 3.63) is 23.8 Å². The molecule has 0 aliphatic carbocycles. The summed E-state index contributed by atoms with van der Waals surface area (Å²) in [5.41, 5.74) is 0.569. The standard InChI is InChI=1S/C28H43NO8/c1-8-10-18(5)27(33)36-23-13-12-21(15-24(23)37-28(34)19(6)11-9-2)14-22(25(30)31)29-16-20(7)35-26(32)17(3)4/h12-13,15,17-20,22,29H,8-11,14,16H2,1-7H3,(H,30,31)/t18?,19?,20?,22-/m0/s1. The van der Waals surface area contributed by atoms with Crippen molar-refractivity contribution in [2.45, 2.75) is 92.7 Å². The molecule has 0 amide bonds. The molecule has 0 saturated heterocycles. The molecule has 1 aromatic rings. The van der Waals surface area contributed by atoms with Crippen molar-refractivity contribution in [3.8, 4) is 11.5 Å². The monoisotopic (exact) mass is 521 g/mol. The highest BCUT2D eigenvalue weighted by atomic mass is 16.6. The van der Waals surface area contributed by atoms with E-state index in [0.29, 0.717) is 18.4 Å². The number of carboxylic acid groups (broad SMARTS) is 1. The van der Waals surface area contributed by atoms with E-state index in [1.54, 1.807) is 40.7 Å². The summed E-state index contributed by atoms with van der Waals surface area (Å²) in [6.07, 6.45) is 2.49. The topological polar surface area (TPSA) is 128 Å². The molecule has 0 spiro atoms. The highest BCUT2D eigenvalue weighted by molar-refractivity contribution is 5.78. The SMILES string of the molecule is CCCC(C)C(=O)Oc1ccc(C[C@H](NCC(C)OC(=O)C(C)C)C(=O)O)cc1OC(=O)C(C)CCC. The Bertz CT molecular complexity index is 913. The van der Waals surface area contributed by atoms with Gasteiger partial charge in [-0.05, 0) is 43.9 Å². The van der Waals surface area contributed by atoms with E-state index in [-0.39, 0.29) is 48.2 Å². The van der Waals surface area contributed by atoms with Gasteiger partial charge in [0.25, 0.3) is 0 Å². The molecular weight excluding hydrogens is 478 g/mol. The Morgan fingerprint density at radius 1 is 0.838 bits per heavy atom. The molecule has 0 radical (unpaired) electrons. The molecule has 0 aliphatic heterocycles. The molecule has 0 bridgehead atoms. The molecule has 0 fully saturated rings. The van der Waals surface area contributed by atoms with Crippen LogP contribution >= 0.6 is 0 Å². The lowest BCUT2D eigenvalue weighted by atomic mass is 10.0. The van der Waals surface area contributed by atoms with E-state index in [1.165, 1.54) is 12.1 Å². The number of hydrogen-bond acceptors (Lipinski definition) is 8. The molecule has 2 N–H and O–H groups in total. The summed E-state index contributed by atoms with van der Waals surface area (Å²) in [6, 6.07) is 3.70. The van der Waals surface area contributed by atoms with Crippen molar-refractivity contribution in [1.29, 1.82) is 0 Å². The van der Waals surface area contributed by atoms with Crippen molar-refractivity contribution in [2.75, 3.05) is 6.54 Å². The lowest BCUT2D eigenvalue weighted by molar-refractivity contribution is -0.152. The minimum atomic E-state index is -1.08. The first kappa shape index (κ1) is 32.1. The second-order valence-corrected chi connectivity index (χ2v) is 9.91. The van der Waals surface area contributed by atoms with Crippen LogP contribution < -0.4 is 14.8 Å². The summed E-state index contributed by atoms with van der Waals surface area (Å²) < 4.78 is 16.4. The van der Waals surface area contributed by atoms with Crippen molar-refractivity contribution in [2.24, 2.45) is 17.8 Å². The van der Waals surface area contributed by atoms with Crippen LogP contribution in [0.2, 0.25) is 0 Å². The van der Waals surface area contributed by atoms with E-state index in [9.17, 15) is 24.3 Å². The highest BCUT2D eigenvalue weighted by Gasteiger charge is 2.24. The van der Waals surface area contributed by atoms with E-state index in [0.717, 1.165) is 12.8 Å². The number of aliphatic carboxylic acids is 1. The van der Waals surface area contributed by atoms with E-state index < -0.39 is 30.1 Å². The van der Waals surface area contributed by atoms with Crippen molar-refractivity contribution < 1.29 is 38.5 Å². The Labute approximate surface area is 220 Å². The molecule has 1 aromatic carbocycles. The summed E-state index contributed by atoms with van der Waals surface area (Å²) in [6.45, 7) is 12.8. The summed E-state index contributed by atoms with van der Waals surface area (Å²) in [4.78, 5) is 48.8. The smallest absolute Gasteiger partial charge is 0.321 e. The number of rotatable bonds is 16. The average molecular weight is 522 g/mol. The van der Waals surface area contributed by atoms with Gasteiger partial charge in [0.1, 0.15) is 12.1 Å². The maximum absolute atomic E-state index is 12.6. The summed E-state index contributed by atoms with van der Waals surface area (Å²) in [5.74, 6) is -3.08. The molecule has 9 nitrogen and oxygen atoms in total. The zero-order valence-corrected chi connectivity index (χ0v) is 23.2. The fraction of sp³-hybridized carbons (Fsp3) is 0.643. The number of benzene rings is 1. The summed E-state index contributed by atoms with van der Waals surface area (Å²) in [5, 5.41) is 12.6. The Morgan fingerprint density at radius 3 is 1.86 bits per heavy atom. The van der Waals surface area contributed by atoms with Crippen LogP contribution in [0.5, 0.6) is 11.5 Å². The number of ether oxygens (including phenoxy) is 3. The number of carbonyl (C=O) groups excluding carboxylic acids is 3. The second-order valence-electron chi connectivity index (χ2n) is 9.91. The van der Waals surface area contributed by atoms with Gasteiger partial charge in [-0.2, -0.15) is 0 Å². The molecular formula is C28H43NO8. The van der Waals surface area contributed by atoms with E-state index in [1.807, 2.05) is 13.8 Å². The first-order valence-electron chi connectivity index (χ1n) is 13.1. The highest BCUT2D eigenvalue weighted by Crippen LogP contribution is 2.31. The quantitative estimate of drug-likeness (QED) is 0.238. The van der Waals surface area contributed by atoms with Crippen LogP contribution in [0.4, 0.5) is 0 Å². The van der Waals surface area contributed by atoms with Gasteiger partial charge in [0, 0.05) is 6.54 Å². The zero-order chi connectivity index (χ0) is 28.1. The van der Waals surface area contributed by atoms with Crippen LogP contribution in [0.15, 0.2) is 18.2 Å². The van der Waals surface area contributed by atoms with Crippen LogP contribution in [-0.4, -0.2) is 47.7 Å². The fourth-order valence-corrected chi connectivity index (χ4v) is 3.53. The van der Waals surface area contributed by atoms with E-state index >= 15 is 0 Å². The van der Waals surface area contributed by atoms with Crippen molar-refractivity contribution in [1.82, 2.24) is 5.32 Å². The van der Waals surface area contributed by atoms with E-state index in [4.69, 9.17) is 14.2 Å². The lowest BCUT2D eigenvalue weighted by Gasteiger charge is -2.20. The third-order valence-electron chi connectivity index (χ3n) is 5.86. The number of nitrogens with one attached hydrogen (secondary N) is 1. The van der Waals surface area contributed by atoms with Gasteiger partial charge < -0.3 is 24.6 Å². The predicted octanol–water partition coefficient (Wildman–Crippen LogP) is 4.54. The normalized spacial score (nSPS) is 14.4. The molecule has 208 valence electrons. The first-order chi connectivity index (χ1) is 17.4. The van der Waals surface area contributed by atoms with Crippen LogP contribution in [-0.2, 0) is 30.3 Å². The van der Waals surface area contributed by atoms with Gasteiger partial charge in [0.05, 0.1) is 17.8 Å². The third-order valence-corrected chi connectivity index (χ3v) is 5.86. The largest absolute Gasteiger partial charge is 0.480 e. The number of carboxylic acids is 1. The van der Waals surface area contributed by atoms with Crippen LogP contribution in [0.1, 0.15) is 79.7 Å². The van der Waals surface area contributed by atoms with Gasteiger partial charge in [-0.15, -0.1) is 0 Å². The molecule has 3 unspecified atom stereocenters. The van der Waals surface area contributed by atoms with Crippen molar-refractivity contribution >= 4 is 23.9 Å². The van der Waals surface area contributed by atoms with Gasteiger partial charge in [-0.25, -0.2) is 0 Å². The molecule has 0 aliphatic rings. The molecule has 1 rings (SSSR count). The zero-order valence-electron chi connectivity index (χ0n) is 23.2. The van der Waals surface area contributed by atoms with Gasteiger partial charge in [0.2, 0.25) is 0 Å².